The highest BCUT2D eigenvalue weighted by Gasteiger charge is 2.13. The van der Waals surface area contributed by atoms with E-state index >= 15 is 0 Å². The van der Waals surface area contributed by atoms with Crippen LogP contribution in [0.15, 0.2) is 0 Å². The predicted molar refractivity (Wildman–Crippen MR) is 68.3 cm³/mol. The summed E-state index contributed by atoms with van der Waals surface area (Å²) in [6.07, 6.45) is 4.55. The van der Waals surface area contributed by atoms with Crippen LogP contribution in [0, 0.1) is 0 Å². The van der Waals surface area contributed by atoms with Crippen molar-refractivity contribution in [2.75, 3.05) is 26.7 Å². The SMILES string of the molecule is CCCCCN(C)CCC(NCC)C(N)=O. The van der Waals surface area contributed by atoms with Crippen LogP contribution in [-0.4, -0.2) is 43.5 Å². The van der Waals surface area contributed by atoms with Crippen LogP contribution in [0.4, 0.5) is 0 Å². The highest BCUT2D eigenvalue weighted by atomic mass is 16.1. The van der Waals surface area contributed by atoms with E-state index in [2.05, 4.69) is 24.2 Å². The van der Waals surface area contributed by atoms with Gasteiger partial charge >= 0.3 is 0 Å². The first-order valence-electron chi connectivity index (χ1n) is 6.33. The quantitative estimate of drug-likeness (QED) is 0.549. The van der Waals surface area contributed by atoms with E-state index in [9.17, 15) is 4.79 Å². The highest BCUT2D eigenvalue weighted by molar-refractivity contribution is 5.79. The lowest BCUT2D eigenvalue weighted by Gasteiger charge is -2.20. The number of likely N-dealkylation sites (N-methyl/N-ethyl adjacent to an activating group) is 1. The van der Waals surface area contributed by atoms with E-state index in [1.807, 2.05) is 6.92 Å². The van der Waals surface area contributed by atoms with Gasteiger partial charge in [0.25, 0.3) is 0 Å². The number of nitrogens with zero attached hydrogens (tertiary/aromatic N) is 1. The Balaban J connectivity index is 3.69. The van der Waals surface area contributed by atoms with E-state index in [1.54, 1.807) is 0 Å². The standard InChI is InChI=1S/C12H27N3O/c1-4-6-7-9-15(3)10-8-11(12(13)16)14-5-2/h11,14H,4-10H2,1-3H3,(H2,13,16). The van der Waals surface area contributed by atoms with Gasteiger partial charge in [0, 0.05) is 0 Å². The summed E-state index contributed by atoms with van der Waals surface area (Å²) in [4.78, 5) is 13.4. The third-order valence-electron chi connectivity index (χ3n) is 2.74. The van der Waals surface area contributed by atoms with Crippen LogP contribution in [0.2, 0.25) is 0 Å². The molecule has 16 heavy (non-hydrogen) atoms. The Kier molecular flexibility index (Phi) is 9.24. The predicted octanol–water partition coefficient (Wildman–Crippen LogP) is 0.962. The fourth-order valence-electron chi connectivity index (χ4n) is 1.68. The first-order valence-corrected chi connectivity index (χ1v) is 6.33. The molecule has 0 radical (unpaired) electrons. The number of rotatable bonds is 10. The Hall–Kier alpha value is -0.610. The molecule has 3 N–H and O–H groups in total. The number of nitrogens with two attached hydrogens (primary N) is 1. The number of primary amides is 1. The summed E-state index contributed by atoms with van der Waals surface area (Å²) in [6.45, 7) is 7.00. The van der Waals surface area contributed by atoms with Gasteiger partial charge in [0.2, 0.25) is 5.91 Å². The Morgan fingerprint density at radius 2 is 2.00 bits per heavy atom. The molecular formula is C12H27N3O. The van der Waals surface area contributed by atoms with Gasteiger partial charge in [0.05, 0.1) is 6.04 Å². The van der Waals surface area contributed by atoms with E-state index in [-0.39, 0.29) is 11.9 Å². The van der Waals surface area contributed by atoms with Crippen molar-refractivity contribution in [3.63, 3.8) is 0 Å². The van der Waals surface area contributed by atoms with Gasteiger partial charge < -0.3 is 16.0 Å². The van der Waals surface area contributed by atoms with Gasteiger partial charge in [-0.2, -0.15) is 0 Å². The molecule has 0 aromatic rings. The average molecular weight is 229 g/mol. The van der Waals surface area contributed by atoms with Crippen molar-refractivity contribution in [2.45, 2.75) is 45.6 Å². The highest BCUT2D eigenvalue weighted by Crippen LogP contribution is 1.99. The number of hydrogen-bond acceptors (Lipinski definition) is 3. The molecule has 4 heteroatoms. The molecule has 1 amide bonds. The molecule has 96 valence electrons. The van der Waals surface area contributed by atoms with E-state index in [4.69, 9.17) is 5.73 Å². The lowest BCUT2D eigenvalue weighted by molar-refractivity contribution is -0.120. The number of carbonyl (C=O) groups excluding carboxylic acids is 1. The first-order chi connectivity index (χ1) is 7.61. The topological polar surface area (TPSA) is 58.4 Å². The van der Waals surface area contributed by atoms with Crippen LogP contribution in [0.5, 0.6) is 0 Å². The maximum atomic E-state index is 11.1. The van der Waals surface area contributed by atoms with Crippen molar-refractivity contribution in [3.8, 4) is 0 Å². The second-order valence-corrected chi connectivity index (χ2v) is 4.31. The lowest BCUT2D eigenvalue weighted by Crippen LogP contribution is -2.43. The molecule has 0 bridgehead atoms. The number of carbonyl (C=O) groups is 1. The van der Waals surface area contributed by atoms with Crippen LogP contribution < -0.4 is 11.1 Å². The van der Waals surface area contributed by atoms with Crippen LogP contribution >= 0.6 is 0 Å². The Morgan fingerprint density at radius 3 is 2.50 bits per heavy atom. The van der Waals surface area contributed by atoms with Crippen LogP contribution in [0.3, 0.4) is 0 Å². The minimum atomic E-state index is -0.246. The molecule has 0 aliphatic carbocycles. The minimum absolute atomic E-state index is 0.182. The molecular weight excluding hydrogens is 202 g/mol. The van der Waals surface area contributed by atoms with Crippen molar-refractivity contribution >= 4 is 5.91 Å². The molecule has 0 fully saturated rings. The second-order valence-electron chi connectivity index (χ2n) is 4.31. The summed E-state index contributed by atoms with van der Waals surface area (Å²) in [7, 11) is 2.10. The maximum Gasteiger partial charge on any atom is 0.234 e. The van der Waals surface area contributed by atoms with Crippen LogP contribution in [0.25, 0.3) is 0 Å². The van der Waals surface area contributed by atoms with E-state index in [1.165, 1.54) is 19.3 Å². The van der Waals surface area contributed by atoms with Crippen molar-refractivity contribution in [3.05, 3.63) is 0 Å². The number of unbranched alkanes of at least 4 members (excludes halogenated alkanes) is 2. The average Bonchev–Trinajstić information content (AvgIpc) is 2.24. The van der Waals surface area contributed by atoms with Gasteiger partial charge in [-0.1, -0.05) is 26.7 Å². The van der Waals surface area contributed by atoms with Gasteiger partial charge in [-0.15, -0.1) is 0 Å². The van der Waals surface area contributed by atoms with E-state index < -0.39 is 0 Å². The largest absolute Gasteiger partial charge is 0.368 e. The Labute approximate surface area is 99.6 Å². The number of hydrogen-bond donors (Lipinski definition) is 2. The summed E-state index contributed by atoms with van der Waals surface area (Å²) in [5, 5.41) is 3.10. The molecule has 0 aliphatic heterocycles. The summed E-state index contributed by atoms with van der Waals surface area (Å²) in [5.74, 6) is -0.246. The summed E-state index contributed by atoms with van der Waals surface area (Å²) in [6, 6.07) is -0.182. The van der Waals surface area contributed by atoms with Crippen LogP contribution in [-0.2, 0) is 4.79 Å². The zero-order valence-corrected chi connectivity index (χ0v) is 11.0. The summed E-state index contributed by atoms with van der Waals surface area (Å²) >= 11 is 0. The molecule has 0 rings (SSSR count). The van der Waals surface area contributed by atoms with Gasteiger partial charge in [-0.25, -0.2) is 0 Å². The third-order valence-corrected chi connectivity index (χ3v) is 2.74. The lowest BCUT2D eigenvalue weighted by atomic mass is 10.2. The molecule has 0 heterocycles. The fraction of sp³-hybridized carbons (Fsp3) is 0.917. The first kappa shape index (κ1) is 15.4. The second kappa shape index (κ2) is 9.60. The van der Waals surface area contributed by atoms with E-state index in [0.29, 0.717) is 0 Å². The van der Waals surface area contributed by atoms with Crippen molar-refractivity contribution in [2.24, 2.45) is 5.73 Å². The number of amides is 1. The van der Waals surface area contributed by atoms with Gasteiger partial charge in [0.15, 0.2) is 0 Å². The van der Waals surface area contributed by atoms with Crippen molar-refractivity contribution in [1.82, 2.24) is 10.2 Å². The van der Waals surface area contributed by atoms with Crippen LogP contribution in [0.1, 0.15) is 39.5 Å². The van der Waals surface area contributed by atoms with E-state index in [0.717, 1.165) is 26.1 Å². The van der Waals surface area contributed by atoms with Gasteiger partial charge in [-0.05, 0) is 39.5 Å². The molecule has 0 saturated heterocycles. The van der Waals surface area contributed by atoms with Gasteiger partial charge in [-0.3, -0.25) is 4.79 Å². The number of nitrogens with one attached hydrogen (secondary N) is 1. The Morgan fingerprint density at radius 1 is 1.31 bits per heavy atom. The smallest absolute Gasteiger partial charge is 0.234 e. The van der Waals surface area contributed by atoms with Crippen molar-refractivity contribution < 1.29 is 4.79 Å². The molecule has 0 aromatic heterocycles. The third kappa shape index (κ3) is 7.65. The normalized spacial score (nSPS) is 13.0. The summed E-state index contributed by atoms with van der Waals surface area (Å²) in [5.41, 5.74) is 5.31. The zero-order valence-electron chi connectivity index (χ0n) is 11.0. The maximum absolute atomic E-state index is 11.1. The minimum Gasteiger partial charge on any atom is -0.368 e. The zero-order chi connectivity index (χ0) is 12.4. The fourth-order valence-corrected chi connectivity index (χ4v) is 1.68. The molecule has 0 aromatic carbocycles. The van der Waals surface area contributed by atoms with Crippen molar-refractivity contribution in [1.29, 1.82) is 0 Å². The molecule has 4 nitrogen and oxygen atoms in total. The monoisotopic (exact) mass is 229 g/mol. The molecule has 0 aliphatic rings. The molecule has 0 spiro atoms. The molecule has 1 atom stereocenters. The molecule has 1 unspecified atom stereocenters. The summed E-state index contributed by atoms with van der Waals surface area (Å²) < 4.78 is 0. The Bertz CT molecular complexity index is 185. The molecule has 0 saturated carbocycles. The van der Waals surface area contributed by atoms with Gasteiger partial charge in [0.1, 0.15) is 0 Å².